The second-order valence-electron chi connectivity index (χ2n) is 3.72. The first kappa shape index (κ1) is 12.9. The first-order chi connectivity index (χ1) is 6.13. The van der Waals surface area contributed by atoms with Gasteiger partial charge in [-0.2, -0.15) is 0 Å². The molecule has 0 bridgehead atoms. The maximum atomic E-state index is 5.70. The summed E-state index contributed by atoms with van der Waals surface area (Å²) in [5.74, 6) is 0.608. The predicted octanol–water partition coefficient (Wildman–Crippen LogP) is 0.938. The lowest BCUT2D eigenvalue weighted by molar-refractivity contribution is 0.0981. The summed E-state index contributed by atoms with van der Waals surface area (Å²) < 4.78 is 5.30. The van der Waals surface area contributed by atoms with Crippen molar-refractivity contribution in [2.75, 3.05) is 33.4 Å². The van der Waals surface area contributed by atoms with Gasteiger partial charge in [0.05, 0.1) is 6.61 Å². The smallest absolute Gasteiger partial charge is 0.0593 e. The van der Waals surface area contributed by atoms with Gasteiger partial charge >= 0.3 is 0 Å². The van der Waals surface area contributed by atoms with Gasteiger partial charge in [0.15, 0.2) is 0 Å². The zero-order chi connectivity index (χ0) is 10.3. The van der Waals surface area contributed by atoms with Gasteiger partial charge in [0.2, 0.25) is 0 Å². The summed E-state index contributed by atoms with van der Waals surface area (Å²) in [5, 5.41) is 0. The van der Waals surface area contributed by atoms with Crippen molar-refractivity contribution in [3.63, 3.8) is 0 Å². The van der Waals surface area contributed by atoms with Crippen molar-refractivity contribution >= 4 is 0 Å². The van der Waals surface area contributed by atoms with E-state index in [0.717, 1.165) is 26.3 Å². The molecule has 0 aromatic rings. The Morgan fingerprint density at radius 2 is 2.00 bits per heavy atom. The van der Waals surface area contributed by atoms with Crippen molar-refractivity contribution in [3.05, 3.63) is 0 Å². The molecule has 0 amide bonds. The molecule has 0 aromatic carbocycles. The van der Waals surface area contributed by atoms with E-state index in [1.165, 1.54) is 0 Å². The molecule has 0 heterocycles. The van der Waals surface area contributed by atoms with E-state index in [-0.39, 0.29) is 0 Å². The van der Waals surface area contributed by atoms with E-state index in [1.807, 2.05) is 6.92 Å². The van der Waals surface area contributed by atoms with E-state index in [0.29, 0.717) is 12.0 Å². The fraction of sp³-hybridized carbons (Fsp3) is 1.00. The molecule has 0 rings (SSSR count). The zero-order valence-electron chi connectivity index (χ0n) is 9.42. The molecule has 0 saturated heterocycles. The molecule has 0 radical (unpaired) electrons. The molecule has 1 atom stereocenters. The van der Waals surface area contributed by atoms with Crippen molar-refractivity contribution < 1.29 is 4.74 Å². The Labute approximate surface area is 82.2 Å². The van der Waals surface area contributed by atoms with Crippen LogP contribution in [0, 0.1) is 5.92 Å². The van der Waals surface area contributed by atoms with Gasteiger partial charge in [0.25, 0.3) is 0 Å². The van der Waals surface area contributed by atoms with Crippen molar-refractivity contribution in [1.82, 2.24) is 4.90 Å². The Kier molecular flexibility index (Phi) is 7.23. The highest BCUT2D eigenvalue weighted by molar-refractivity contribution is 4.72. The fourth-order valence-electron chi connectivity index (χ4n) is 1.48. The minimum atomic E-state index is 0.473. The molecule has 2 N–H and O–H groups in total. The number of likely N-dealkylation sites (N-methyl/N-ethyl adjacent to an activating group) is 1. The van der Waals surface area contributed by atoms with E-state index >= 15 is 0 Å². The molecule has 3 nitrogen and oxygen atoms in total. The molecule has 3 heteroatoms. The lowest BCUT2D eigenvalue weighted by Gasteiger charge is -2.29. The molecule has 0 fully saturated rings. The molecule has 1 unspecified atom stereocenters. The largest absolute Gasteiger partial charge is 0.380 e. The first-order valence-electron chi connectivity index (χ1n) is 5.11. The monoisotopic (exact) mass is 188 g/mol. The number of nitrogens with two attached hydrogens (primary N) is 1. The Morgan fingerprint density at radius 1 is 1.38 bits per heavy atom. The molecule has 13 heavy (non-hydrogen) atoms. The minimum absolute atomic E-state index is 0.473. The average Bonchev–Trinajstić information content (AvgIpc) is 2.05. The van der Waals surface area contributed by atoms with Crippen molar-refractivity contribution in [2.45, 2.75) is 26.8 Å². The lowest BCUT2D eigenvalue weighted by Crippen LogP contribution is -2.43. The van der Waals surface area contributed by atoms with E-state index in [2.05, 4.69) is 25.8 Å². The summed E-state index contributed by atoms with van der Waals surface area (Å²) in [6.45, 7) is 9.71. The topological polar surface area (TPSA) is 38.5 Å². The fourth-order valence-corrected chi connectivity index (χ4v) is 1.48. The molecular weight excluding hydrogens is 164 g/mol. The third-order valence-corrected chi connectivity index (χ3v) is 2.37. The van der Waals surface area contributed by atoms with Gasteiger partial charge in [-0.15, -0.1) is 0 Å². The Morgan fingerprint density at radius 3 is 2.38 bits per heavy atom. The van der Waals surface area contributed by atoms with Crippen LogP contribution >= 0.6 is 0 Å². The maximum Gasteiger partial charge on any atom is 0.0593 e. The Balaban J connectivity index is 3.70. The van der Waals surface area contributed by atoms with Crippen LogP contribution in [0.25, 0.3) is 0 Å². The van der Waals surface area contributed by atoms with E-state index in [1.54, 1.807) is 0 Å². The molecular formula is C10H24N2O. The number of hydrogen-bond donors (Lipinski definition) is 1. The van der Waals surface area contributed by atoms with Crippen LogP contribution in [0.2, 0.25) is 0 Å². The van der Waals surface area contributed by atoms with Gasteiger partial charge in [-0.25, -0.2) is 0 Å². The molecule has 80 valence electrons. The summed E-state index contributed by atoms with van der Waals surface area (Å²) in [6, 6.07) is 0.473. The van der Waals surface area contributed by atoms with Gasteiger partial charge in [0.1, 0.15) is 0 Å². The second kappa shape index (κ2) is 7.30. The van der Waals surface area contributed by atoms with Gasteiger partial charge in [0, 0.05) is 25.7 Å². The summed E-state index contributed by atoms with van der Waals surface area (Å²) in [7, 11) is 2.11. The highest BCUT2D eigenvalue weighted by Gasteiger charge is 2.15. The standard InChI is InChI=1S/C10H24N2O/c1-5-13-7-6-12(4)10(8-11)9(2)3/h9-10H,5-8,11H2,1-4H3. The zero-order valence-corrected chi connectivity index (χ0v) is 9.42. The second-order valence-corrected chi connectivity index (χ2v) is 3.72. The summed E-state index contributed by atoms with van der Waals surface area (Å²) in [4.78, 5) is 2.28. The van der Waals surface area contributed by atoms with Gasteiger partial charge in [-0.1, -0.05) is 13.8 Å². The number of hydrogen-bond acceptors (Lipinski definition) is 3. The lowest BCUT2D eigenvalue weighted by atomic mass is 10.0. The molecule has 0 spiro atoms. The maximum absolute atomic E-state index is 5.70. The quantitative estimate of drug-likeness (QED) is 0.604. The third-order valence-electron chi connectivity index (χ3n) is 2.37. The van der Waals surface area contributed by atoms with Crippen LogP contribution in [0.5, 0.6) is 0 Å². The van der Waals surface area contributed by atoms with Crippen LogP contribution in [0.1, 0.15) is 20.8 Å². The molecule has 0 aliphatic carbocycles. The van der Waals surface area contributed by atoms with Gasteiger partial charge < -0.3 is 10.5 Å². The van der Waals surface area contributed by atoms with Gasteiger partial charge in [-0.05, 0) is 19.9 Å². The average molecular weight is 188 g/mol. The number of ether oxygens (including phenoxy) is 1. The highest BCUT2D eigenvalue weighted by atomic mass is 16.5. The Hall–Kier alpha value is -0.120. The Bertz CT molecular complexity index is 117. The predicted molar refractivity (Wildman–Crippen MR) is 56.8 cm³/mol. The number of nitrogens with zero attached hydrogens (tertiary/aromatic N) is 1. The third kappa shape index (κ3) is 5.24. The summed E-state index contributed by atoms with van der Waals surface area (Å²) in [6.07, 6.45) is 0. The van der Waals surface area contributed by atoms with E-state index in [4.69, 9.17) is 10.5 Å². The molecule has 0 aromatic heterocycles. The van der Waals surface area contributed by atoms with Crippen LogP contribution in [0.3, 0.4) is 0 Å². The van der Waals surface area contributed by atoms with Crippen molar-refractivity contribution in [3.8, 4) is 0 Å². The van der Waals surface area contributed by atoms with E-state index < -0.39 is 0 Å². The SMILES string of the molecule is CCOCCN(C)C(CN)C(C)C. The number of rotatable bonds is 7. The first-order valence-corrected chi connectivity index (χ1v) is 5.11. The normalized spacial score (nSPS) is 14.1. The van der Waals surface area contributed by atoms with Crippen LogP contribution in [-0.4, -0.2) is 44.3 Å². The van der Waals surface area contributed by atoms with Crippen LogP contribution in [-0.2, 0) is 4.74 Å². The summed E-state index contributed by atoms with van der Waals surface area (Å²) in [5.41, 5.74) is 5.70. The molecule has 0 saturated carbocycles. The van der Waals surface area contributed by atoms with Crippen molar-refractivity contribution in [1.29, 1.82) is 0 Å². The van der Waals surface area contributed by atoms with Crippen LogP contribution in [0.4, 0.5) is 0 Å². The van der Waals surface area contributed by atoms with Crippen molar-refractivity contribution in [2.24, 2.45) is 11.7 Å². The van der Waals surface area contributed by atoms with Gasteiger partial charge in [-0.3, -0.25) is 4.90 Å². The molecule has 0 aliphatic heterocycles. The van der Waals surface area contributed by atoms with Crippen LogP contribution < -0.4 is 5.73 Å². The highest BCUT2D eigenvalue weighted by Crippen LogP contribution is 2.06. The molecule has 0 aliphatic rings. The van der Waals surface area contributed by atoms with Crippen LogP contribution in [0.15, 0.2) is 0 Å². The minimum Gasteiger partial charge on any atom is -0.380 e. The van der Waals surface area contributed by atoms with E-state index in [9.17, 15) is 0 Å². The summed E-state index contributed by atoms with van der Waals surface area (Å²) >= 11 is 0.